The standard InChI is InChI=1S/C20H18N6/c1-14-13-15(2)22-19(21-14)24-20-23-18(16-9-5-3-6-10-16)25-26(20)17-11-7-4-8-12-17/h3-13H,1-2H3,(H,21,22,23,24,25). The van der Waals surface area contributed by atoms with E-state index in [0.29, 0.717) is 17.7 Å². The molecule has 0 radical (unpaired) electrons. The predicted octanol–water partition coefficient (Wildman–Crippen LogP) is 4.08. The number of nitrogens with zero attached hydrogens (tertiary/aromatic N) is 5. The Hall–Kier alpha value is -3.54. The summed E-state index contributed by atoms with van der Waals surface area (Å²) in [5.41, 5.74) is 3.66. The van der Waals surface area contributed by atoms with Crippen LogP contribution < -0.4 is 5.32 Å². The predicted molar refractivity (Wildman–Crippen MR) is 102 cm³/mol. The highest BCUT2D eigenvalue weighted by Gasteiger charge is 2.14. The van der Waals surface area contributed by atoms with Crippen LogP contribution in [0.1, 0.15) is 11.4 Å². The Morgan fingerprint density at radius 2 is 1.38 bits per heavy atom. The highest BCUT2D eigenvalue weighted by Crippen LogP contribution is 2.22. The van der Waals surface area contributed by atoms with Crippen LogP contribution in [0.2, 0.25) is 0 Å². The van der Waals surface area contributed by atoms with Gasteiger partial charge in [0.25, 0.3) is 0 Å². The molecule has 2 aromatic carbocycles. The molecule has 0 amide bonds. The van der Waals surface area contributed by atoms with Crippen LogP contribution in [0.4, 0.5) is 11.9 Å². The van der Waals surface area contributed by atoms with Gasteiger partial charge < -0.3 is 0 Å². The van der Waals surface area contributed by atoms with Crippen molar-refractivity contribution in [1.82, 2.24) is 24.7 Å². The zero-order chi connectivity index (χ0) is 17.9. The number of hydrogen-bond acceptors (Lipinski definition) is 5. The molecule has 0 spiro atoms. The van der Waals surface area contributed by atoms with E-state index >= 15 is 0 Å². The Morgan fingerprint density at radius 3 is 2.04 bits per heavy atom. The highest BCUT2D eigenvalue weighted by atomic mass is 15.4. The lowest BCUT2D eigenvalue weighted by Gasteiger charge is -2.07. The average molecular weight is 342 g/mol. The van der Waals surface area contributed by atoms with Crippen LogP contribution in [-0.2, 0) is 0 Å². The van der Waals surface area contributed by atoms with Gasteiger partial charge in [-0.3, -0.25) is 5.32 Å². The van der Waals surface area contributed by atoms with Crippen LogP contribution >= 0.6 is 0 Å². The van der Waals surface area contributed by atoms with Crippen molar-refractivity contribution in [2.24, 2.45) is 0 Å². The first kappa shape index (κ1) is 16.0. The van der Waals surface area contributed by atoms with Gasteiger partial charge in [-0.2, -0.15) is 9.67 Å². The molecule has 4 rings (SSSR count). The summed E-state index contributed by atoms with van der Waals surface area (Å²) in [7, 11) is 0. The topological polar surface area (TPSA) is 68.5 Å². The molecule has 0 aliphatic heterocycles. The minimum Gasteiger partial charge on any atom is -0.292 e. The summed E-state index contributed by atoms with van der Waals surface area (Å²) < 4.78 is 1.77. The number of aromatic nitrogens is 5. The first-order valence-electron chi connectivity index (χ1n) is 8.36. The number of para-hydroxylation sites is 1. The van der Waals surface area contributed by atoms with E-state index in [9.17, 15) is 0 Å². The molecule has 4 aromatic rings. The minimum absolute atomic E-state index is 0.506. The summed E-state index contributed by atoms with van der Waals surface area (Å²) in [5, 5.41) is 7.89. The molecule has 0 aliphatic carbocycles. The van der Waals surface area contributed by atoms with Crippen LogP contribution in [0.3, 0.4) is 0 Å². The van der Waals surface area contributed by atoms with Gasteiger partial charge in [-0.1, -0.05) is 48.5 Å². The first-order valence-corrected chi connectivity index (χ1v) is 8.36. The van der Waals surface area contributed by atoms with E-state index in [4.69, 9.17) is 0 Å². The first-order chi connectivity index (χ1) is 12.7. The Labute approximate surface area is 151 Å². The molecule has 0 saturated heterocycles. The molecule has 2 aromatic heterocycles. The normalized spacial score (nSPS) is 10.7. The molecule has 0 saturated carbocycles. The quantitative estimate of drug-likeness (QED) is 0.605. The van der Waals surface area contributed by atoms with Crippen LogP contribution in [0.15, 0.2) is 66.7 Å². The smallest absolute Gasteiger partial charge is 0.233 e. The van der Waals surface area contributed by atoms with Crippen LogP contribution in [0, 0.1) is 13.8 Å². The Bertz CT molecular complexity index is 1000. The van der Waals surface area contributed by atoms with E-state index in [-0.39, 0.29) is 0 Å². The van der Waals surface area contributed by atoms with Crippen molar-refractivity contribution in [3.63, 3.8) is 0 Å². The fraction of sp³-hybridized carbons (Fsp3) is 0.100. The molecule has 2 heterocycles. The lowest BCUT2D eigenvalue weighted by atomic mass is 10.2. The van der Waals surface area contributed by atoms with Gasteiger partial charge in [-0.15, -0.1) is 5.10 Å². The number of hydrogen-bond donors (Lipinski definition) is 1. The van der Waals surface area contributed by atoms with Crippen molar-refractivity contribution >= 4 is 11.9 Å². The molecule has 0 unspecified atom stereocenters. The summed E-state index contributed by atoms with van der Waals surface area (Å²) in [6.45, 7) is 3.88. The second kappa shape index (κ2) is 6.76. The van der Waals surface area contributed by atoms with E-state index < -0.39 is 0 Å². The lowest BCUT2D eigenvalue weighted by Crippen LogP contribution is -2.06. The third-order valence-corrected chi connectivity index (χ3v) is 3.85. The zero-order valence-corrected chi connectivity index (χ0v) is 14.6. The molecular weight excluding hydrogens is 324 g/mol. The van der Waals surface area contributed by atoms with E-state index in [1.54, 1.807) is 4.68 Å². The molecule has 6 nitrogen and oxygen atoms in total. The van der Waals surface area contributed by atoms with Crippen molar-refractivity contribution in [1.29, 1.82) is 0 Å². The SMILES string of the molecule is Cc1cc(C)nc(Nc2nc(-c3ccccc3)nn2-c2ccccc2)n1. The van der Waals surface area contributed by atoms with Gasteiger partial charge in [-0.05, 0) is 32.0 Å². The molecule has 6 heteroatoms. The van der Waals surface area contributed by atoms with E-state index in [2.05, 4.69) is 25.4 Å². The van der Waals surface area contributed by atoms with Crippen molar-refractivity contribution in [3.05, 3.63) is 78.1 Å². The number of rotatable bonds is 4. The number of anilines is 2. The fourth-order valence-corrected chi connectivity index (χ4v) is 2.73. The van der Waals surface area contributed by atoms with E-state index in [1.807, 2.05) is 80.6 Å². The molecule has 0 fully saturated rings. The summed E-state index contributed by atoms with van der Waals surface area (Å²) in [6, 6.07) is 21.7. The van der Waals surface area contributed by atoms with E-state index in [1.165, 1.54) is 0 Å². The second-order valence-electron chi connectivity index (χ2n) is 5.97. The number of nitrogens with one attached hydrogen (secondary N) is 1. The summed E-state index contributed by atoms with van der Waals surface area (Å²) in [4.78, 5) is 13.6. The molecule has 128 valence electrons. The van der Waals surface area contributed by atoms with Gasteiger partial charge >= 0.3 is 0 Å². The third-order valence-electron chi connectivity index (χ3n) is 3.85. The summed E-state index contributed by atoms with van der Waals surface area (Å²) >= 11 is 0. The number of benzene rings is 2. The summed E-state index contributed by atoms with van der Waals surface area (Å²) in [6.07, 6.45) is 0. The van der Waals surface area contributed by atoms with Crippen LogP contribution in [0.5, 0.6) is 0 Å². The van der Waals surface area contributed by atoms with Gasteiger partial charge in [0.1, 0.15) is 0 Å². The summed E-state index contributed by atoms with van der Waals surface area (Å²) in [5.74, 6) is 1.72. The highest BCUT2D eigenvalue weighted by molar-refractivity contribution is 5.59. The Kier molecular flexibility index (Phi) is 4.15. The maximum absolute atomic E-state index is 4.68. The van der Waals surface area contributed by atoms with Gasteiger partial charge in [0.2, 0.25) is 11.9 Å². The zero-order valence-electron chi connectivity index (χ0n) is 14.6. The van der Waals surface area contributed by atoms with Gasteiger partial charge in [0.15, 0.2) is 5.82 Å². The number of aryl methyl sites for hydroxylation is 2. The van der Waals surface area contributed by atoms with Crippen molar-refractivity contribution in [2.45, 2.75) is 13.8 Å². The van der Waals surface area contributed by atoms with Gasteiger partial charge in [0.05, 0.1) is 5.69 Å². The molecule has 26 heavy (non-hydrogen) atoms. The Balaban J connectivity index is 1.80. The largest absolute Gasteiger partial charge is 0.292 e. The molecule has 0 aliphatic rings. The molecular formula is C20H18N6. The lowest BCUT2D eigenvalue weighted by molar-refractivity contribution is 0.885. The maximum atomic E-state index is 4.68. The Morgan fingerprint density at radius 1 is 0.769 bits per heavy atom. The molecule has 0 atom stereocenters. The van der Waals surface area contributed by atoms with Gasteiger partial charge in [0, 0.05) is 17.0 Å². The van der Waals surface area contributed by atoms with Crippen molar-refractivity contribution < 1.29 is 0 Å². The average Bonchev–Trinajstić information content (AvgIpc) is 3.06. The maximum Gasteiger partial charge on any atom is 0.233 e. The minimum atomic E-state index is 0.506. The fourth-order valence-electron chi connectivity index (χ4n) is 2.73. The van der Waals surface area contributed by atoms with Crippen LogP contribution in [-0.4, -0.2) is 24.7 Å². The van der Waals surface area contributed by atoms with Crippen molar-refractivity contribution in [2.75, 3.05) is 5.32 Å². The van der Waals surface area contributed by atoms with Crippen molar-refractivity contribution in [3.8, 4) is 17.1 Å². The second-order valence-corrected chi connectivity index (χ2v) is 5.97. The monoisotopic (exact) mass is 342 g/mol. The third kappa shape index (κ3) is 3.30. The van der Waals surface area contributed by atoms with E-state index in [0.717, 1.165) is 22.6 Å². The molecule has 0 bridgehead atoms. The molecule has 1 N–H and O–H groups in total. The van der Waals surface area contributed by atoms with Crippen LogP contribution in [0.25, 0.3) is 17.1 Å². The van der Waals surface area contributed by atoms with Gasteiger partial charge in [-0.25, -0.2) is 9.97 Å².